The van der Waals surface area contributed by atoms with E-state index in [4.69, 9.17) is 4.74 Å². The summed E-state index contributed by atoms with van der Waals surface area (Å²) in [6.07, 6.45) is 0.421. The standard InChI is InChI=1S/C28H26N2O3/c1-17-28(32)30(24-12-6-7-13-25(24)33-17)16-26(31)29-15-18-14-23-19-8-2-4-10-21(19)27(18)22-11-5-3-9-20(22)23/h2-13,17-18,23,27H,14-16H2,1H3,(H,29,31)/t17-,18+,23?,27?/m1/s1. The molecule has 2 atom stereocenters. The molecule has 33 heavy (non-hydrogen) atoms. The Bertz CT molecular complexity index is 1210. The van der Waals surface area contributed by atoms with E-state index in [1.54, 1.807) is 6.92 Å². The SMILES string of the molecule is C[C@H]1Oc2ccccc2N(CC(=O)NC[C@@H]2CC3c4ccccc4C2c2ccccc23)C1=O. The highest BCUT2D eigenvalue weighted by Crippen LogP contribution is 2.55. The van der Waals surface area contributed by atoms with E-state index in [-0.39, 0.29) is 24.3 Å². The van der Waals surface area contributed by atoms with Crippen LogP contribution in [-0.4, -0.2) is 31.0 Å². The first-order chi connectivity index (χ1) is 16.1. The summed E-state index contributed by atoms with van der Waals surface area (Å²) >= 11 is 0. The number of carbonyl (C=O) groups is 2. The number of nitrogens with one attached hydrogen (secondary N) is 1. The fraction of sp³-hybridized carbons (Fsp3) is 0.286. The Hall–Kier alpha value is -3.60. The largest absolute Gasteiger partial charge is 0.479 e. The Morgan fingerprint density at radius 3 is 2.24 bits per heavy atom. The Morgan fingerprint density at radius 1 is 0.939 bits per heavy atom. The Labute approximate surface area is 193 Å². The average molecular weight is 439 g/mol. The highest BCUT2D eigenvalue weighted by atomic mass is 16.5. The van der Waals surface area contributed by atoms with Crippen LogP contribution in [0.3, 0.4) is 0 Å². The second kappa shape index (κ2) is 7.77. The maximum atomic E-state index is 13.0. The van der Waals surface area contributed by atoms with Crippen molar-refractivity contribution in [3.8, 4) is 5.75 Å². The predicted molar refractivity (Wildman–Crippen MR) is 127 cm³/mol. The lowest BCUT2D eigenvalue weighted by Crippen LogP contribution is -2.49. The molecule has 4 aliphatic rings. The van der Waals surface area contributed by atoms with Crippen molar-refractivity contribution >= 4 is 17.5 Å². The number of fused-ring (bicyclic) bond motifs is 2. The first-order valence-electron chi connectivity index (χ1n) is 11.6. The van der Waals surface area contributed by atoms with Crippen LogP contribution >= 0.6 is 0 Å². The number of rotatable bonds is 4. The average Bonchev–Trinajstić information content (AvgIpc) is 2.85. The molecule has 166 valence electrons. The van der Waals surface area contributed by atoms with E-state index in [0.29, 0.717) is 29.8 Å². The van der Waals surface area contributed by atoms with Crippen molar-refractivity contribution in [1.29, 1.82) is 0 Å². The smallest absolute Gasteiger partial charge is 0.268 e. The van der Waals surface area contributed by atoms with Gasteiger partial charge in [-0.2, -0.15) is 0 Å². The van der Waals surface area contributed by atoms with Gasteiger partial charge in [-0.25, -0.2) is 0 Å². The van der Waals surface area contributed by atoms with Crippen molar-refractivity contribution in [1.82, 2.24) is 5.32 Å². The molecule has 0 saturated heterocycles. The Balaban J connectivity index is 1.20. The Morgan fingerprint density at radius 2 is 1.55 bits per heavy atom. The van der Waals surface area contributed by atoms with Crippen molar-refractivity contribution in [3.05, 3.63) is 95.1 Å². The monoisotopic (exact) mass is 438 g/mol. The summed E-state index contributed by atoms with van der Waals surface area (Å²) in [4.78, 5) is 27.2. The third-order valence-corrected chi connectivity index (χ3v) is 7.36. The number of anilines is 1. The minimum atomic E-state index is -0.602. The highest BCUT2D eigenvalue weighted by Gasteiger charge is 2.43. The van der Waals surface area contributed by atoms with Gasteiger partial charge in [0, 0.05) is 18.4 Å². The summed E-state index contributed by atoms with van der Waals surface area (Å²) in [7, 11) is 0. The fourth-order valence-electron chi connectivity index (χ4n) is 5.93. The molecule has 1 heterocycles. The predicted octanol–water partition coefficient (Wildman–Crippen LogP) is 4.21. The number of carbonyl (C=O) groups excluding carboxylic acids is 2. The molecule has 5 nitrogen and oxygen atoms in total. The molecule has 3 aromatic rings. The maximum absolute atomic E-state index is 13.0. The highest BCUT2D eigenvalue weighted by molar-refractivity contribution is 6.03. The van der Waals surface area contributed by atoms with E-state index in [9.17, 15) is 9.59 Å². The van der Waals surface area contributed by atoms with Crippen LogP contribution in [-0.2, 0) is 9.59 Å². The summed E-state index contributed by atoms with van der Waals surface area (Å²) in [5, 5.41) is 3.14. The molecule has 2 amide bonds. The zero-order chi connectivity index (χ0) is 22.5. The molecule has 0 radical (unpaired) electrons. The minimum Gasteiger partial charge on any atom is -0.479 e. The van der Waals surface area contributed by atoms with E-state index < -0.39 is 6.10 Å². The normalized spacial score (nSPS) is 24.4. The second-order valence-corrected chi connectivity index (χ2v) is 9.24. The van der Waals surface area contributed by atoms with Crippen LogP contribution in [0.4, 0.5) is 5.69 Å². The number of nitrogens with zero attached hydrogens (tertiary/aromatic N) is 1. The molecule has 0 fully saturated rings. The van der Waals surface area contributed by atoms with Gasteiger partial charge in [-0.15, -0.1) is 0 Å². The first kappa shape index (κ1) is 20.0. The second-order valence-electron chi connectivity index (χ2n) is 9.24. The molecule has 7 rings (SSSR count). The van der Waals surface area contributed by atoms with Crippen LogP contribution < -0.4 is 15.0 Å². The lowest BCUT2D eigenvalue weighted by atomic mass is 9.59. The zero-order valence-corrected chi connectivity index (χ0v) is 18.5. The lowest BCUT2D eigenvalue weighted by Gasteiger charge is -2.45. The summed E-state index contributed by atoms with van der Waals surface area (Å²) in [5.41, 5.74) is 6.27. The van der Waals surface area contributed by atoms with Crippen LogP contribution in [0.5, 0.6) is 5.75 Å². The van der Waals surface area contributed by atoms with Gasteiger partial charge in [0.2, 0.25) is 5.91 Å². The quantitative estimate of drug-likeness (QED) is 0.664. The summed E-state index contributed by atoms with van der Waals surface area (Å²) in [5.74, 6) is 1.29. The van der Waals surface area contributed by atoms with Gasteiger partial charge in [-0.3, -0.25) is 14.5 Å². The summed E-state index contributed by atoms with van der Waals surface area (Å²) < 4.78 is 5.69. The molecular formula is C28H26N2O3. The van der Waals surface area contributed by atoms with E-state index >= 15 is 0 Å². The van der Waals surface area contributed by atoms with Crippen LogP contribution in [0.1, 0.15) is 47.4 Å². The first-order valence-corrected chi connectivity index (χ1v) is 11.6. The van der Waals surface area contributed by atoms with Crippen molar-refractivity contribution in [2.45, 2.75) is 31.3 Å². The number of benzene rings is 3. The van der Waals surface area contributed by atoms with Crippen molar-refractivity contribution < 1.29 is 14.3 Å². The van der Waals surface area contributed by atoms with Crippen LogP contribution in [0.15, 0.2) is 72.8 Å². The molecule has 2 bridgehead atoms. The topological polar surface area (TPSA) is 58.6 Å². The molecule has 3 aliphatic carbocycles. The molecule has 1 N–H and O–H groups in total. The van der Waals surface area contributed by atoms with Crippen molar-refractivity contribution in [3.63, 3.8) is 0 Å². The van der Waals surface area contributed by atoms with Crippen LogP contribution in [0, 0.1) is 5.92 Å². The van der Waals surface area contributed by atoms with Gasteiger partial charge in [-0.05, 0) is 53.6 Å². The third kappa shape index (κ3) is 3.22. The number of hydrogen-bond acceptors (Lipinski definition) is 3. The molecular weight excluding hydrogens is 412 g/mol. The maximum Gasteiger partial charge on any atom is 0.268 e. The third-order valence-electron chi connectivity index (χ3n) is 7.36. The number of ether oxygens (including phenoxy) is 1. The van der Waals surface area contributed by atoms with Gasteiger partial charge in [0.1, 0.15) is 12.3 Å². The lowest BCUT2D eigenvalue weighted by molar-refractivity contribution is -0.128. The van der Waals surface area contributed by atoms with Gasteiger partial charge in [0.25, 0.3) is 5.91 Å². The number of para-hydroxylation sites is 2. The van der Waals surface area contributed by atoms with Crippen LogP contribution in [0.25, 0.3) is 0 Å². The van der Waals surface area contributed by atoms with Crippen LogP contribution in [0.2, 0.25) is 0 Å². The van der Waals surface area contributed by atoms with Crippen molar-refractivity contribution in [2.75, 3.05) is 18.0 Å². The molecule has 0 saturated carbocycles. The summed E-state index contributed by atoms with van der Waals surface area (Å²) in [6.45, 7) is 2.31. The molecule has 0 spiro atoms. The molecule has 0 aromatic heterocycles. The van der Waals surface area contributed by atoms with E-state index in [2.05, 4.69) is 53.8 Å². The molecule has 1 aliphatic heterocycles. The molecule has 5 heteroatoms. The van der Waals surface area contributed by atoms with Gasteiger partial charge in [-0.1, -0.05) is 60.7 Å². The van der Waals surface area contributed by atoms with E-state index in [1.807, 2.05) is 24.3 Å². The fourth-order valence-corrected chi connectivity index (χ4v) is 5.93. The zero-order valence-electron chi connectivity index (χ0n) is 18.5. The van der Waals surface area contributed by atoms with Gasteiger partial charge in [0.15, 0.2) is 6.10 Å². The van der Waals surface area contributed by atoms with Gasteiger partial charge in [0.05, 0.1) is 5.69 Å². The van der Waals surface area contributed by atoms with Crippen molar-refractivity contribution in [2.24, 2.45) is 5.92 Å². The minimum absolute atomic E-state index is 0.00244. The molecule has 0 unspecified atom stereocenters. The number of amides is 2. The van der Waals surface area contributed by atoms with Gasteiger partial charge < -0.3 is 10.1 Å². The van der Waals surface area contributed by atoms with E-state index in [1.165, 1.54) is 27.2 Å². The molecule has 3 aromatic carbocycles. The summed E-state index contributed by atoms with van der Waals surface area (Å²) in [6, 6.07) is 24.8. The Kier molecular flexibility index (Phi) is 4.72. The number of hydrogen-bond donors (Lipinski definition) is 1. The van der Waals surface area contributed by atoms with E-state index in [0.717, 1.165) is 6.42 Å². The van der Waals surface area contributed by atoms with Gasteiger partial charge >= 0.3 is 0 Å².